The molecule has 1 fully saturated rings. The molecular weight excluding hydrogens is 320 g/mol. The topological polar surface area (TPSA) is 94.6 Å². The number of fused-ring (bicyclic) bond motifs is 1. The smallest absolute Gasteiger partial charge is 0.354 e. The second-order valence-corrected chi connectivity index (χ2v) is 5.54. The van der Waals surface area contributed by atoms with Gasteiger partial charge in [0.05, 0.1) is 24.8 Å². The molecule has 23 heavy (non-hydrogen) atoms. The summed E-state index contributed by atoms with van der Waals surface area (Å²) >= 11 is 0. The number of aliphatic hydroxyl groups excluding tert-OH is 1. The molecule has 1 aromatic heterocycles. The molecule has 1 aromatic carbocycles. The van der Waals surface area contributed by atoms with Gasteiger partial charge in [-0.2, -0.15) is 0 Å². The van der Waals surface area contributed by atoms with Crippen LogP contribution in [0.4, 0.5) is 0 Å². The van der Waals surface area contributed by atoms with Crippen molar-refractivity contribution >= 4 is 29.3 Å². The van der Waals surface area contributed by atoms with Gasteiger partial charge in [-0.1, -0.05) is 6.07 Å². The molecule has 0 aliphatic heterocycles. The number of benzene rings is 1. The van der Waals surface area contributed by atoms with E-state index < -0.39 is 5.97 Å². The molecule has 7 heteroatoms. The zero-order valence-corrected chi connectivity index (χ0v) is 13.7. The van der Waals surface area contributed by atoms with Gasteiger partial charge in [0.2, 0.25) is 0 Å². The minimum Gasteiger partial charge on any atom is -0.506 e. The van der Waals surface area contributed by atoms with Gasteiger partial charge in [-0.15, -0.1) is 12.4 Å². The van der Waals surface area contributed by atoms with E-state index in [4.69, 9.17) is 4.74 Å². The molecule has 0 radical (unpaired) electrons. The van der Waals surface area contributed by atoms with Crippen LogP contribution in [0.15, 0.2) is 18.2 Å². The third-order valence-corrected chi connectivity index (χ3v) is 3.87. The number of ether oxygens (including phenoxy) is 1. The number of rotatable bonds is 6. The minimum absolute atomic E-state index is 0. The van der Waals surface area contributed by atoms with Crippen molar-refractivity contribution in [2.45, 2.75) is 31.8 Å². The van der Waals surface area contributed by atoms with Gasteiger partial charge in [0.15, 0.2) is 0 Å². The van der Waals surface area contributed by atoms with Crippen LogP contribution in [0.5, 0.6) is 5.75 Å². The zero-order chi connectivity index (χ0) is 15.7. The van der Waals surface area contributed by atoms with Gasteiger partial charge in [0, 0.05) is 11.4 Å². The highest BCUT2D eigenvalue weighted by Crippen LogP contribution is 2.33. The van der Waals surface area contributed by atoms with E-state index >= 15 is 0 Å². The second kappa shape index (κ2) is 7.21. The number of carbonyl (C=O) groups is 1. The monoisotopic (exact) mass is 340 g/mol. The number of esters is 1. The van der Waals surface area contributed by atoms with Crippen LogP contribution in [0.1, 0.15) is 41.9 Å². The number of H-pyrrole nitrogens is 1. The number of aromatic hydroxyl groups is 1. The molecule has 0 saturated heterocycles. The van der Waals surface area contributed by atoms with Crippen molar-refractivity contribution in [3.8, 4) is 5.75 Å². The summed E-state index contributed by atoms with van der Waals surface area (Å²) in [5, 5.41) is 23.7. The van der Waals surface area contributed by atoms with E-state index in [2.05, 4.69) is 10.3 Å². The fourth-order valence-corrected chi connectivity index (χ4v) is 2.62. The van der Waals surface area contributed by atoms with Crippen molar-refractivity contribution in [3.05, 3.63) is 29.5 Å². The number of hydrogen-bond donors (Lipinski definition) is 4. The van der Waals surface area contributed by atoms with E-state index in [0.717, 1.165) is 23.8 Å². The van der Waals surface area contributed by atoms with E-state index in [-0.39, 0.29) is 37.4 Å². The van der Waals surface area contributed by atoms with Crippen molar-refractivity contribution < 1.29 is 19.7 Å². The van der Waals surface area contributed by atoms with Crippen LogP contribution >= 0.6 is 12.4 Å². The number of aromatic amines is 1. The molecule has 1 aliphatic carbocycles. The van der Waals surface area contributed by atoms with Crippen LogP contribution in [-0.4, -0.2) is 40.4 Å². The highest BCUT2D eigenvalue weighted by atomic mass is 35.5. The molecule has 2 aromatic rings. The lowest BCUT2D eigenvalue weighted by atomic mass is 10.0. The summed E-state index contributed by atoms with van der Waals surface area (Å²) in [4.78, 5) is 14.8. The molecule has 0 bridgehead atoms. The van der Waals surface area contributed by atoms with Crippen LogP contribution in [0.25, 0.3) is 10.9 Å². The summed E-state index contributed by atoms with van der Waals surface area (Å²) in [5.74, 6) is -0.392. The van der Waals surface area contributed by atoms with Gasteiger partial charge in [-0.3, -0.25) is 0 Å². The maximum absolute atomic E-state index is 11.9. The average molecular weight is 341 g/mol. The van der Waals surface area contributed by atoms with Gasteiger partial charge < -0.3 is 25.3 Å². The quantitative estimate of drug-likeness (QED) is 0.605. The van der Waals surface area contributed by atoms with E-state index in [0.29, 0.717) is 17.3 Å². The highest BCUT2D eigenvalue weighted by Gasteiger charge is 2.27. The zero-order valence-electron chi connectivity index (χ0n) is 12.8. The third-order valence-electron chi connectivity index (χ3n) is 3.87. The molecule has 1 heterocycles. The lowest BCUT2D eigenvalue weighted by Crippen LogP contribution is -2.26. The van der Waals surface area contributed by atoms with Gasteiger partial charge in [0.25, 0.3) is 0 Å². The fraction of sp³-hybridized carbons (Fsp3) is 0.438. The Balaban J connectivity index is 0.00000192. The molecule has 1 saturated carbocycles. The normalized spacial score (nSPS) is 15.2. The molecule has 4 N–H and O–H groups in total. The Morgan fingerprint density at radius 1 is 1.48 bits per heavy atom. The van der Waals surface area contributed by atoms with Gasteiger partial charge in [-0.25, -0.2) is 4.79 Å². The maximum Gasteiger partial charge on any atom is 0.354 e. The molecule has 0 amide bonds. The van der Waals surface area contributed by atoms with Gasteiger partial charge in [-0.05, 0) is 37.5 Å². The standard InChI is InChI=1S/C16H20N2O4.ClH/c1-2-22-16(21)12-7-11-10(5-6-14(20)15(11)18-12)13(8-19)17-9-3-4-9;/h5-7,9,13,17-20H,2-4,8H2,1H3;1H. The average Bonchev–Trinajstić information content (AvgIpc) is 3.20. The second-order valence-electron chi connectivity index (χ2n) is 5.54. The van der Waals surface area contributed by atoms with Gasteiger partial charge >= 0.3 is 5.97 Å². The van der Waals surface area contributed by atoms with Crippen LogP contribution in [0.3, 0.4) is 0 Å². The number of halogens is 1. The molecule has 126 valence electrons. The predicted octanol–water partition coefficient (Wildman–Crippen LogP) is 2.26. The van der Waals surface area contributed by atoms with E-state index in [1.165, 1.54) is 0 Å². The Labute approximate surface area is 140 Å². The summed E-state index contributed by atoms with van der Waals surface area (Å²) in [6.45, 7) is 1.98. The Hall–Kier alpha value is -1.76. The van der Waals surface area contributed by atoms with Crippen LogP contribution in [0, 0.1) is 0 Å². The first kappa shape index (κ1) is 17.6. The summed E-state index contributed by atoms with van der Waals surface area (Å²) < 4.78 is 4.98. The fourth-order valence-electron chi connectivity index (χ4n) is 2.62. The number of aromatic nitrogens is 1. The number of nitrogens with one attached hydrogen (secondary N) is 2. The Bertz CT molecular complexity index is 697. The molecule has 1 atom stereocenters. The van der Waals surface area contributed by atoms with Crippen LogP contribution in [0.2, 0.25) is 0 Å². The molecular formula is C16H21ClN2O4. The Morgan fingerprint density at radius 2 is 2.22 bits per heavy atom. The van der Waals surface area contributed by atoms with Crippen molar-refractivity contribution in [3.63, 3.8) is 0 Å². The van der Waals surface area contributed by atoms with Crippen molar-refractivity contribution in [1.29, 1.82) is 0 Å². The third kappa shape index (κ3) is 3.60. The molecule has 6 nitrogen and oxygen atoms in total. The largest absolute Gasteiger partial charge is 0.506 e. The molecule has 0 spiro atoms. The first-order chi connectivity index (χ1) is 10.6. The van der Waals surface area contributed by atoms with Crippen LogP contribution < -0.4 is 5.32 Å². The Kier molecular flexibility index (Phi) is 5.51. The summed E-state index contributed by atoms with van der Waals surface area (Å²) in [6, 6.07) is 5.22. The predicted molar refractivity (Wildman–Crippen MR) is 89.2 cm³/mol. The number of aliphatic hydroxyl groups is 1. The number of hydrogen-bond acceptors (Lipinski definition) is 5. The van der Waals surface area contributed by atoms with E-state index in [1.807, 2.05) is 0 Å². The van der Waals surface area contributed by atoms with Crippen molar-refractivity contribution in [1.82, 2.24) is 10.3 Å². The SMILES string of the molecule is CCOC(=O)c1cc2c(C(CO)NC3CC3)ccc(O)c2[nH]1.Cl. The lowest BCUT2D eigenvalue weighted by molar-refractivity contribution is 0.0520. The molecule has 1 unspecified atom stereocenters. The van der Waals surface area contributed by atoms with Gasteiger partial charge in [0.1, 0.15) is 11.4 Å². The number of phenolic OH excluding ortho intramolecular Hbond substituents is 1. The maximum atomic E-state index is 11.9. The molecule has 1 aliphatic rings. The number of phenols is 1. The summed E-state index contributed by atoms with van der Waals surface area (Å²) in [5.41, 5.74) is 1.63. The van der Waals surface area contributed by atoms with Crippen molar-refractivity contribution in [2.75, 3.05) is 13.2 Å². The van der Waals surface area contributed by atoms with E-state index in [1.54, 1.807) is 25.1 Å². The summed E-state index contributed by atoms with van der Waals surface area (Å²) in [7, 11) is 0. The first-order valence-electron chi connectivity index (χ1n) is 7.52. The van der Waals surface area contributed by atoms with E-state index in [9.17, 15) is 15.0 Å². The summed E-state index contributed by atoms with van der Waals surface area (Å²) in [6.07, 6.45) is 2.22. The first-order valence-corrected chi connectivity index (χ1v) is 7.52. The minimum atomic E-state index is -0.459. The Morgan fingerprint density at radius 3 is 2.83 bits per heavy atom. The van der Waals surface area contributed by atoms with Crippen LogP contribution in [-0.2, 0) is 4.74 Å². The lowest BCUT2D eigenvalue weighted by Gasteiger charge is -2.17. The van der Waals surface area contributed by atoms with Crippen molar-refractivity contribution in [2.24, 2.45) is 0 Å². The number of carbonyl (C=O) groups excluding carboxylic acids is 1. The molecule has 3 rings (SSSR count). The highest BCUT2D eigenvalue weighted by molar-refractivity contribution is 5.98.